The molecule has 0 saturated heterocycles. The van der Waals surface area contributed by atoms with E-state index in [9.17, 15) is 13.2 Å². The Morgan fingerprint density at radius 3 is 2.38 bits per heavy atom. The summed E-state index contributed by atoms with van der Waals surface area (Å²) in [4.78, 5) is 12.8. The van der Waals surface area contributed by atoms with Crippen LogP contribution in [-0.4, -0.2) is 27.1 Å². The van der Waals surface area contributed by atoms with Crippen LogP contribution in [0, 0.1) is 6.92 Å². The predicted octanol–water partition coefficient (Wildman–Crippen LogP) is 6.23. The average molecular weight is 583 g/mol. The van der Waals surface area contributed by atoms with E-state index in [1.165, 1.54) is 18.3 Å². The number of rotatable bonds is 10. The van der Waals surface area contributed by atoms with Gasteiger partial charge in [0.05, 0.1) is 16.8 Å². The molecule has 0 radical (unpaired) electrons. The molecule has 1 amide bonds. The van der Waals surface area contributed by atoms with Gasteiger partial charge in [-0.1, -0.05) is 59.6 Å². The van der Waals surface area contributed by atoms with E-state index in [4.69, 9.17) is 27.9 Å². The minimum atomic E-state index is -4.06. The van der Waals surface area contributed by atoms with Crippen molar-refractivity contribution in [2.45, 2.75) is 18.4 Å². The van der Waals surface area contributed by atoms with Crippen molar-refractivity contribution in [1.29, 1.82) is 0 Å². The summed E-state index contributed by atoms with van der Waals surface area (Å²) in [6, 6.07) is 27.4. The number of hydrazone groups is 1. The number of nitrogens with zero attached hydrogens (tertiary/aromatic N) is 2. The van der Waals surface area contributed by atoms with Crippen molar-refractivity contribution in [1.82, 2.24) is 5.43 Å². The lowest BCUT2D eigenvalue weighted by atomic mass is 10.2. The van der Waals surface area contributed by atoms with Gasteiger partial charge in [0, 0.05) is 10.0 Å². The third kappa shape index (κ3) is 7.38. The fourth-order valence-corrected chi connectivity index (χ4v) is 5.56. The Morgan fingerprint density at radius 2 is 1.67 bits per heavy atom. The monoisotopic (exact) mass is 581 g/mol. The van der Waals surface area contributed by atoms with Crippen LogP contribution in [0.3, 0.4) is 0 Å². The summed E-state index contributed by atoms with van der Waals surface area (Å²) < 4.78 is 33.7. The molecule has 0 fully saturated rings. The third-order valence-corrected chi connectivity index (χ3v) is 8.12. The molecule has 0 aliphatic heterocycles. The molecule has 0 saturated carbocycles. The second-order valence-corrected chi connectivity index (χ2v) is 11.2. The number of carbonyl (C=O) groups excluding carboxylic acids is 1. The summed E-state index contributed by atoms with van der Waals surface area (Å²) >= 11 is 12.3. The largest absolute Gasteiger partial charge is 0.489 e. The zero-order valence-electron chi connectivity index (χ0n) is 20.9. The zero-order valence-corrected chi connectivity index (χ0v) is 23.2. The highest BCUT2D eigenvalue weighted by Gasteiger charge is 2.28. The standard InChI is InChI=1S/C29H25Cl2N3O4S/c1-21-27(31)11-6-12-28(21)34(39(36,37)26-9-3-2-4-10-26)19-29(35)33-32-18-22-13-15-25(16-14-22)38-20-23-7-5-8-24(30)17-23/h2-18H,19-20H2,1H3,(H,33,35)/b32-18-. The number of ether oxygens (including phenoxy) is 1. The Bertz CT molecular complexity index is 1580. The summed E-state index contributed by atoms with van der Waals surface area (Å²) in [5, 5.41) is 5.02. The maximum Gasteiger partial charge on any atom is 0.264 e. The van der Waals surface area contributed by atoms with Gasteiger partial charge in [-0.2, -0.15) is 5.10 Å². The van der Waals surface area contributed by atoms with Crippen molar-refractivity contribution in [3.63, 3.8) is 0 Å². The minimum Gasteiger partial charge on any atom is -0.489 e. The molecule has 4 aromatic rings. The number of halogens is 2. The van der Waals surface area contributed by atoms with Gasteiger partial charge in [0.2, 0.25) is 0 Å². The van der Waals surface area contributed by atoms with Crippen molar-refractivity contribution >= 4 is 51.0 Å². The number of sulfonamides is 1. The van der Waals surface area contributed by atoms with Crippen LogP contribution in [-0.2, 0) is 21.4 Å². The van der Waals surface area contributed by atoms with Crippen LogP contribution in [0.2, 0.25) is 10.0 Å². The second kappa shape index (κ2) is 12.8. The molecule has 4 aromatic carbocycles. The maximum absolute atomic E-state index is 13.5. The molecule has 0 bridgehead atoms. The van der Waals surface area contributed by atoms with Crippen LogP contribution in [0.15, 0.2) is 107 Å². The maximum atomic E-state index is 13.5. The first-order valence-corrected chi connectivity index (χ1v) is 14.1. The van der Waals surface area contributed by atoms with Crippen molar-refractivity contribution in [2.75, 3.05) is 10.8 Å². The molecule has 39 heavy (non-hydrogen) atoms. The minimum absolute atomic E-state index is 0.0540. The van der Waals surface area contributed by atoms with Gasteiger partial charge in [0.25, 0.3) is 15.9 Å². The van der Waals surface area contributed by atoms with Gasteiger partial charge in [-0.25, -0.2) is 13.8 Å². The quantitative estimate of drug-likeness (QED) is 0.178. The van der Waals surface area contributed by atoms with E-state index in [1.807, 2.05) is 18.2 Å². The molecular weight excluding hydrogens is 557 g/mol. The highest BCUT2D eigenvalue weighted by molar-refractivity contribution is 7.92. The first kappa shape index (κ1) is 28.2. The van der Waals surface area contributed by atoms with Crippen LogP contribution >= 0.6 is 23.2 Å². The molecule has 200 valence electrons. The third-order valence-electron chi connectivity index (χ3n) is 5.70. The Morgan fingerprint density at radius 1 is 0.949 bits per heavy atom. The average Bonchev–Trinajstić information content (AvgIpc) is 2.93. The number of carbonyl (C=O) groups is 1. The fourth-order valence-electron chi connectivity index (χ4n) is 3.67. The highest BCUT2D eigenvalue weighted by atomic mass is 35.5. The molecule has 4 rings (SSSR count). The topological polar surface area (TPSA) is 88.1 Å². The number of anilines is 1. The van der Waals surface area contributed by atoms with Gasteiger partial charge in [-0.15, -0.1) is 0 Å². The number of hydrogen-bond donors (Lipinski definition) is 1. The Balaban J connectivity index is 1.42. The van der Waals surface area contributed by atoms with Gasteiger partial charge in [-0.3, -0.25) is 9.10 Å². The smallest absolute Gasteiger partial charge is 0.264 e. The van der Waals surface area contributed by atoms with Crippen LogP contribution < -0.4 is 14.5 Å². The molecule has 0 atom stereocenters. The van der Waals surface area contributed by atoms with E-state index in [0.717, 1.165) is 9.87 Å². The fraction of sp³-hybridized carbons (Fsp3) is 0.103. The van der Waals surface area contributed by atoms with E-state index in [0.29, 0.717) is 39.2 Å². The number of benzene rings is 4. The predicted molar refractivity (Wildman–Crippen MR) is 155 cm³/mol. The highest BCUT2D eigenvalue weighted by Crippen LogP contribution is 2.30. The first-order valence-electron chi connectivity index (χ1n) is 11.9. The molecule has 0 aliphatic carbocycles. The van der Waals surface area contributed by atoms with Crippen LogP contribution in [0.1, 0.15) is 16.7 Å². The van der Waals surface area contributed by atoms with Crippen LogP contribution in [0.4, 0.5) is 5.69 Å². The molecule has 0 spiro atoms. The summed E-state index contributed by atoms with van der Waals surface area (Å²) in [6.45, 7) is 1.58. The van der Waals surface area contributed by atoms with E-state index in [-0.39, 0.29) is 4.90 Å². The molecule has 0 aromatic heterocycles. The normalized spacial score (nSPS) is 11.4. The van der Waals surface area contributed by atoms with E-state index in [1.54, 1.807) is 73.7 Å². The Kier molecular flexibility index (Phi) is 9.24. The van der Waals surface area contributed by atoms with Crippen molar-refractivity contribution in [3.05, 3.63) is 124 Å². The van der Waals surface area contributed by atoms with Crippen LogP contribution in [0.25, 0.3) is 0 Å². The number of amides is 1. The SMILES string of the molecule is Cc1c(Cl)cccc1N(CC(=O)N/N=C\c1ccc(OCc2cccc(Cl)c2)cc1)S(=O)(=O)c1ccccc1. The summed E-state index contributed by atoms with van der Waals surface area (Å²) in [7, 11) is -4.06. The van der Waals surface area contributed by atoms with Gasteiger partial charge in [0.1, 0.15) is 18.9 Å². The Hall–Kier alpha value is -3.85. The molecule has 1 N–H and O–H groups in total. The lowest BCUT2D eigenvalue weighted by molar-refractivity contribution is -0.119. The van der Waals surface area contributed by atoms with Gasteiger partial charge < -0.3 is 4.74 Å². The lowest BCUT2D eigenvalue weighted by Gasteiger charge is -2.25. The number of hydrogen-bond acceptors (Lipinski definition) is 5. The van der Waals surface area contributed by atoms with Crippen molar-refractivity contribution in [2.24, 2.45) is 5.10 Å². The molecule has 0 unspecified atom stereocenters. The first-order chi connectivity index (χ1) is 18.7. The summed E-state index contributed by atoms with van der Waals surface area (Å²) in [6.07, 6.45) is 1.46. The van der Waals surface area contributed by atoms with Crippen molar-refractivity contribution < 1.29 is 17.9 Å². The van der Waals surface area contributed by atoms with E-state index >= 15 is 0 Å². The van der Waals surface area contributed by atoms with Gasteiger partial charge >= 0.3 is 0 Å². The van der Waals surface area contributed by atoms with Gasteiger partial charge in [-0.05, 0) is 84.3 Å². The van der Waals surface area contributed by atoms with Crippen LogP contribution in [0.5, 0.6) is 5.75 Å². The lowest BCUT2D eigenvalue weighted by Crippen LogP contribution is -2.40. The van der Waals surface area contributed by atoms with E-state index < -0.39 is 22.5 Å². The zero-order chi connectivity index (χ0) is 27.8. The number of nitrogens with one attached hydrogen (secondary N) is 1. The molecule has 0 aliphatic rings. The second-order valence-electron chi connectivity index (χ2n) is 8.49. The molecule has 10 heteroatoms. The van der Waals surface area contributed by atoms with Gasteiger partial charge in [0.15, 0.2) is 0 Å². The molecule has 7 nitrogen and oxygen atoms in total. The summed E-state index contributed by atoms with van der Waals surface area (Å²) in [5.41, 5.74) is 4.91. The summed E-state index contributed by atoms with van der Waals surface area (Å²) in [5.74, 6) is 0.0430. The molecule has 0 heterocycles. The molecular formula is C29H25Cl2N3O4S. The van der Waals surface area contributed by atoms with E-state index in [2.05, 4.69) is 10.5 Å². The van der Waals surface area contributed by atoms with Crippen molar-refractivity contribution in [3.8, 4) is 5.75 Å². The Labute approximate surface area is 237 Å².